The molecule has 4 aromatic rings. The lowest BCUT2D eigenvalue weighted by Crippen LogP contribution is -2.21. The molecule has 0 spiro atoms. The lowest BCUT2D eigenvalue weighted by atomic mass is 10.00. The molecule has 7 nitrogen and oxygen atoms in total. The lowest BCUT2D eigenvalue weighted by Gasteiger charge is -2.15. The van der Waals surface area contributed by atoms with Crippen LogP contribution in [0.2, 0.25) is 0 Å². The monoisotopic (exact) mass is 455 g/mol. The summed E-state index contributed by atoms with van der Waals surface area (Å²) < 4.78 is 42.1. The van der Waals surface area contributed by atoms with Gasteiger partial charge in [-0.1, -0.05) is 12.1 Å². The molecule has 10 heteroatoms. The quantitative estimate of drug-likeness (QED) is 0.473. The van der Waals surface area contributed by atoms with Crippen LogP contribution in [0.15, 0.2) is 58.5 Å². The number of hydrogen-bond donors (Lipinski definition) is 1. The van der Waals surface area contributed by atoms with Gasteiger partial charge in [-0.15, -0.1) is 0 Å². The van der Waals surface area contributed by atoms with Crippen LogP contribution in [0.5, 0.6) is 0 Å². The minimum Gasteiger partial charge on any atom is -0.478 e. The van der Waals surface area contributed by atoms with Gasteiger partial charge in [0, 0.05) is 23.3 Å². The Morgan fingerprint density at radius 2 is 1.75 bits per heavy atom. The SMILES string of the molecule is Cc1ccc(C(=O)O)cc1-c1nc(S(C)=O)nc2c1ccc(=O)n2-c1c(F)cccc1F. The van der Waals surface area contributed by atoms with Crippen molar-refractivity contribution >= 4 is 27.8 Å². The zero-order chi connectivity index (χ0) is 23.2. The predicted octanol–water partition coefficient (Wildman–Crippen LogP) is 3.47. The van der Waals surface area contributed by atoms with Crippen molar-refractivity contribution in [2.45, 2.75) is 12.1 Å². The van der Waals surface area contributed by atoms with Gasteiger partial charge in [0.25, 0.3) is 5.56 Å². The van der Waals surface area contributed by atoms with E-state index >= 15 is 0 Å². The second-order valence-electron chi connectivity index (χ2n) is 6.96. The van der Waals surface area contributed by atoms with Gasteiger partial charge in [-0.25, -0.2) is 23.5 Å². The Morgan fingerprint density at radius 3 is 2.38 bits per heavy atom. The molecule has 0 aliphatic carbocycles. The van der Waals surface area contributed by atoms with Gasteiger partial charge in [-0.2, -0.15) is 0 Å². The summed E-state index contributed by atoms with van der Waals surface area (Å²) in [4.78, 5) is 32.7. The molecular weight excluding hydrogens is 440 g/mol. The van der Waals surface area contributed by atoms with E-state index in [9.17, 15) is 27.7 Å². The minimum atomic E-state index is -1.71. The van der Waals surface area contributed by atoms with E-state index in [0.29, 0.717) is 11.1 Å². The third-order valence-corrected chi connectivity index (χ3v) is 5.58. The standard InChI is InChI=1S/C22H15F2N3O4S/c1-11-6-7-12(21(29)30)10-14(11)18-13-8-9-17(28)27(19-15(23)4-3-5-16(19)24)20(13)26-22(25-18)32(2)31/h3-10H,1-2H3,(H,29,30). The van der Waals surface area contributed by atoms with Crippen LogP contribution in [-0.2, 0) is 10.8 Å². The van der Waals surface area contributed by atoms with Crippen LogP contribution in [-0.4, -0.2) is 36.1 Å². The summed E-state index contributed by atoms with van der Waals surface area (Å²) in [6.45, 7) is 1.73. The molecule has 0 aliphatic rings. The average Bonchev–Trinajstić information content (AvgIpc) is 2.74. The Bertz CT molecular complexity index is 1480. The molecule has 2 aromatic carbocycles. The fourth-order valence-corrected chi connectivity index (χ4v) is 3.79. The number of carboxylic acids is 1. The van der Waals surface area contributed by atoms with Crippen molar-refractivity contribution in [2.24, 2.45) is 0 Å². The molecule has 1 unspecified atom stereocenters. The Morgan fingerprint density at radius 1 is 1.06 bits per heavy atom. The molecule has 2 heterocycles. The molecule has 0 amide bonds. The highest BCUT2D eigenvalue weighted by molar-refractivity contribution is 7.84. The van der Waals surface area contributed by atoms with Gasteiger partial charge in [0.2, 0.25) is 5.16 Å². The van der Waals surface area contributed by atoms with Crippen LogP contribution in [0.3, 0.4) is 0 Å². The Kier molecular flexibility index (Phi) is 5.39. The maximum atomic E-state index is 14.6. The van der Waals surface area contributed by atoms with Gasteiger partial charge in [0.1, 0.15) is 17.3 Å². The van der Waals surface area contributed by atoms with Gasteiger partial charge in [0.15, 0.2) is 5.65 Å². The topological polar surface area (TPSA) is 102 Å². The third-order valence-electron chi connectivity index (χ3n) is 4.89. The first-order valence-corrected chi connectivity index (χ1v) is 10.8. The largest absolute Gasteiger partial charge is 0.478 e. The summed E-state index contributed by atoms with van der Waals surface area (Å²) in [5, 5.41) is 9.43. The Hall–Kier alpha value is -3.79. The highest BCUT2D eigenvalue weighted by Gasteiger charge is 2.21. The number of fused-ring (bicyclic) bond motifs is 1. The number of para-hydroxylation sites is 1. The summed E-state index contributed by atoms with van der Waals surface area (Å²) in [5.41, 5.74) is -0.319. The molecule has 162 valence electrons. The number of pyridine rings is 1. The van der Waals surface area contributed by atoms with E-state index in [0.717, 1.165) is 28.8 Å². The maximum absolute atomic E-state index is 14.6. The van der Waals surface area contributed by atoms with Crippen molar-refractivity contribution < 1.29 is 22.9 Å². The van der Waals surface area contributed by atoms with Crippen LogP contribution in [0.1, 0.15) is 15.9 Å². The fourth-order valence-electron chi connectivity index (χ4n) is 3.36. The van der Waals surface area contributed by atoms with Crippen molar-refractivity contribution in [1.82, 2.24) is 14.5 Å². The summed E-state index contributed by atoms with van der Waals surface area (Å²) >= 11 is 0. The minimum absolute atomic E-state index is 0.00926. The third kappa shape index (κ3) is 3.58. The smallest absolute Gasteiger partial charge is 0.335 e. The molecule has 0 saturated carbocycles. The van der Waals surface area contributed by atoms with Crippen molar-refractivity contribution in [1.29, 1.82) is 0 Å². The second-order valence-corrected chi connectivity index (χ2v) is 8.23. The van der Waals surface area contributed by atoms with E-state index in [4.69, 9.17) is 0 Å². The number of carbonyl (C=O) groups is 1. The number of benzene rings is 2. The number of hydrogen-bond acceptors (Lipinski definition) is 5. The van der Waals surface area contributed by atoms with Gasteiger partial charge in [-0.05, 0) is 42.8 Å². The number of aryl methyl sites for hydroxylation is 1. The molecule has 4 rings (SSSR count). The van der Waals surface area contributed by atoms with Crippen LogP contribution in [0.4, 0.5) is 8.78 Å². The van der Waals surface area contributed by atoms with E-state index in [1.165, 1.54) is 24.5 Å². The zero-order valence-corrected chi connectivity index (χ0v) is 17.6. The van der Waals surface area contributed by atoms with Crippen LogP contribution in [0, 0.1) is 18.6 Å². The number of halogens is 2. The van der Waals surface area contributed by atoms with Gasteiger partial charge < -0.3 is 5.11 Å². The molecule has 32 heavy (non-hydrogen) atoms. The molecule has 0 radical (unpaired) electrons. The number of rotatable bonds is 4. The summed E-state index contributed by atoms with van der Waals surface area (Å²) in [6, 6.07) is 10.1. The fraction of sp³-hybridized carbons (Fsp3) is 0.0909. The second kappa shape index (κ2) is 8.04. The van der Waals surface area contributed by atoms with Crippen molar-refractivity contribution in [3.8, 4) is 16.9 Å². The highest BCUT2D eigenvalue weighted by atomic mass is 32.2. The Balaban J connectivity index is 2.19. The number of aromatic carboxylic acids is 1. The molecule has 2 aromatic heterocycles. The van der Waals surface area contributed by atoms with E-state index < -0.39 is 39.6 Å². The summed E-state index contributed by atoms with van der Waals surface area (Å²) in [5.74, 6) is -3.12. The maximum Gasteiger partial charge on any atom is 0.335 e. The van der Waals surface area contributed by atoms with E-state index in [-0.39, 0.29) is 27.4 Å². The Labute approximate surface area is 182 Å². The predicted molar refractivity (Wildman–Crippen MR) is 115 cm³/mol. The number of aromatic nitrogens is 3. The molecule has 0 aliphatic heterocycles. The van der Waals surface area contributed by atoms with Gasteiger partial charge >= 0.3 is 5.97 Å². The van der Waals surface area contributed by atoms with Crippen molar-refractivity contribution in [2.75, 3.05) is 6.26 Å². The molecule has 0 bridgehead atoms. The van der Waals surface area contributed by atoms with E-state index in [1.54, 1.807) is 13.0 Å². The molecule has 1 atom stereocenters. The van der Waals surface area contributed by atoms with Crippen LogP contribution >= 0.6 is 0 Å². The first-order valence-electron chi connectivity index (χ1n) is 9.25. The summed E-state index contributed by atoms with van der Waals surface area (Å²) in [7, 11) is -1.71. The average molecular weight is 455 g/mol. The molecule has 0 fully saturated rings. The lowest BCUT2D eigenvalue weighted by molar-refractivity contribution is 0.0697. The van der Waals surface area contributed by atoms with E-state index in [1.807, 2.05) is 0 Å². The van der Waals surface area contributed by atoms with Gasteiger partial charge in [0.05, 0.1) is 22.1 Å². The summed E-state index contributed by atoms with van der Waals surface area (Å²) in [6.07, 6.45) is 1.32. The van der Waals surface area contributed by atoms with Gasteiger partial charge in [-0.3, -0.25) is 13.6 Å². The normalized spacial score (nSPS) is 12.1. The van der Waals surface area contributed by atoms with Crippen LogP contribution in [0.25, 0.3) is 28.0 Å². The molecule has 1 N–H and O–H groups in total. The first kappa shape index (κ1) is 21.4. The van der Waals surface area contributed by atoms with Crippen molar-refractivity contribution in [3.05, 3.63) is 81.6 Å². The number of carboxylic acid groups (broad SMARTS) is 1. The van der Waals surface area contributed by atoms with Crippen LogP contribution < -0.4 is 5.56 Å². The van der Waals surface area contributed by atoms with Crippen molar-refractivity contribution in [3.63, 3.8) is 0 Å². The number of nitrogens with zero attached hydrogens (tertiary/aromatic N) is 3. The first-order chi connectivity index (χ1) is 15.2. The molecular formula is C22H15F2N3O4S. The molecule has 0 saturated heterocycles. The highest BCUT2D eigenvalue weighted by Crippen LogP contribution is 2.31. The zero-order valence-electron chi connectivity index (χ0n) is 16.8. The van der Waals surface area contributed by atoms with E-state index in [2.05, 4.69) is 9.97 Å².